The Morgan fingerprint density at radius 2 is 2.08 bits per heavy atom. The zero-order valence-corrected chi connectivity index (χ0v) is 15.5. The normalized spacial score (nSPS) is 24.2. The van der Waals surface area contributed by atoms with Crippen molar-refractivity contribution in [3.8, 4) is 0 Å². The first-order valence-corrected chi connectivity index (χ1v) is 9.86. The Morgan fingerprint density at radius 3 is 2.76 bits per heavy atom. The molecule has 8 heteroatoms. The van der Waals surface area contributed by atoms with E-state index in [1.165, 1.54) is 11.3 Å². The molecule has 3 amide bonds. The van der Waals surface area contributed by atoms with Crippen molar-refractivity contribution in [2.24, 2.45) is 11.8 Å². The van der Waals surface area contributed by atoms with Crippen LogP contribution in [0.3, 0.4) is 0 Å². The number of hydrogen-bond donors (Lipinski definition) is 1. The maximum atomic E-state index is 12.7. The summed E-state index contributed by atoms with van der Waals surface area (Å²) in [5.41, 5.74) is 0. The molecular weight excluding hydrogens is 340 g/mol. The van der Waals surface area contributed by atoms with E-state index in [1.54, 1.807) is 6.20 Å². The molecular formula is C17H26N4O3S. The van der Waals surface area contributed by atoms with Gasteiger partial charge in [-0.25, -0.2) is 9.78 Å². The number of nitrogens with one attached hydrogen (secondary N) is 1. The topological polar surface area (TPSA) is 74.8 Å². The van der Waals surface area contributed by atoms with Crippen molar-refractivity contribution in [3.05, 3.63) is 11.6 Å². The highest BCUT2D eigenvalue weighted by atomic mass is 32.1. The van der Waals surface area contributed by atoms with Crippen LogP contribution in [0.15, 0.2) is 11.6 Å². The molecule has 3 heterocycles. The second-order valence-electron chi connectivity index (χ2n) is 6.63. The summed E-state index contributed by atoms with van der Waals surface area (Å²) in [5, 5.41) is 5.36. The van der Waals surface area contributed by atoms with Crippen LogP contribution in [0.4, 0.5) is 9.93 Å². The third-order valence-electron chi connectivity index (χ3n) is 5.09. The van der Waals surface area contributed by atoms with E-state index in [9.17, 15) is 9.59 Å². The highest BCUT2D eigenvalue weighted by molar-refractivity contribution is 7.13. The van der Waals surface area contributed by atoms with Crippen molar-refractivity contribution in [1.29, 1.82) is 0 Å². The van der Waals surface area contributed by atoms with E-state index in [1.807, 2.05) is 15.2 Å². The van der Waals surface area contributed by atoms with Crippen molar-refractivity contribution in [3.63, 3.8) is 0 Å². The lowest BCUT2D eigenvalue weighted by Crippen LogP contribution is -2.52. The fraction of sp³-hybridized carbons (Fsp3) is 0.706. The summed E-state index contributed by atoms with van der Waals surface area (Å²) in [6, 6.07) is 0.118. The quantitative estimate of drug-likeness (QED) is 0.887. The van der Waals surface area contributed by atoms with E-state index in [0.717, 1.165) is 25.9 Å². The van der Waals surface area contributed by atoms with Crippen LogP contribution < -0.4 is 5.32 Å². The molecule has 2 atom stereocenters. The molecule has 0 aliphatic carbocycles. The van der Waals surface area contributed by atoms with Crippen molar-refractivity contribution >= 4 is 28.4 Å². The smallest absolute Gasteiger partial charge is 0.320 e. The molecule has 0 aromatic carbocycles. The fourth-order valence-electron chi connectivity index (χ4n) is 3.63. The van der Waals surface area contributed by atoms with Gasteiger partial charge in [-0.1, -0.05) is 13.3 Å². The van der Waals surface area contributed by atoms with E-state index in [4.69, 9.17) is 4.74 Å². The summed E-state index contributed by atoms with van der Waals surface area (Å²) in [7, 11) is 0. The molecule has 1 aromatic heterocycles. The van der Waals surface area contributed by atoms with Gasteiger partial charge in [0, 0.05) is 44.2 Å². The lowest BCUT2D eigenvalue weighted by atomic mass is 9.81. The number of likely N-dealkylation sites (tertiary alicyclic amines) is 1. The molecule has 3 rings (SSSR count). The number of nitrogens with zero attached hydrogens (tertiary/aromatic N) is 3. The Bertz CT molecular complexity index is 574. The summed E-state index contributed by atoms with van der Waals surface area (Å²) in [6.45, 7) is 6.19. The number of urea groups is 1. The number of carbonyl (C=O) groups is 2. The highest BCUT2D eigenvalue weighted by Crippen LogP contribution is 2.30. The Balaban J connectivity index is 1.52. The van der Waals surface area contributed by atoms with Gasteiger partial charge in [-0.2, -0.15) is 0 Å². The van der Waals surface area contributed by atoms with Gasteiger partial charge < -0.3 is 19.9 Å². The van der Waals surface area contributed by atoms with Crippen molar-refractivity contribution in [2.45, 2.75) is 26.2 Å². The minimum Gasteiger partial charge on any atom is -0.378 e. The van der Waals surface area contributed by atoms with Crippen LogP contribution in [0, 0.1) is 11.8 Å². The van der Waals surface area contributed by atoms with Crippen LogP contribution in [0.5, 0.6) is 0 Å². The number of carbonyl (C=O) groups excluding carboxylic acids is 2. The molecule has 1 aromatic rings. The van der Waals surface area contributed by atoms with Crippen LogP contribution in [0.2, 0.25) is 0 Å². The van der Waals surface area contributed by atoms with Gasteiger partial charge in [0.2, 0.25) is 5.91 Å². The fourth-order valence-corrected chi connectivity index (χ4v) is 4.18. The zero-order valence-electron chi connectivity index (χ0n) is 14.6. The number of hydrogen-bond acceptors (Lipinski definition) is 5. The summed E-state index contributed by atoms with van der Waals surface area (Å²) in [4.78, 5) is 32.8. The largest absolute Gasteiger partial charge is 0.378 e. The number of anilines is 1. The van der Waals surface area contributed by atoms with E-state index >= 15 is 0 Å². The average Bonchev–Trinajstić information content (AvgIpc) is 3.15. The molecule has 138 valence electrons. The van der Waals surface area contributed by atoms with Gasteiger partial charge in [0.05, 0.1) is 13.2 Å². The second kappa shape index (κ2) is 8.62. The number of aromatic nitrogens is 1. The number of morpholine rings is 1. The average molecular weight is 366 g/mol. The number of rotatable bonds is 4. The third-order valence-corrected chi connectivity index (χ3v) is 5.78. The lowest BCUT2D eigenvalue weighted by Gasteiger charge is -2.41. The lowest BCUT2D eigenvalue weighted by molar-refractivity contribution is -0.117. The van der Waals surface area contributed by atoms with Crippen molar-refractivity contribution < 1.29 is 14.3 Å². The van der Waals surface area contributed by atoms with Gasteiger partial charge in [0.25, 0.3) is 0 Å². The van der Waals surface area contributed by atoms with Crippen LogP contribution in [0.25, 0.3) is 0 Å². The summed E-state index contributed by atoms with van der Waals surface area (Å²) in [6.07, 6.45) is 4.03. The highest BCUT2D eigenvalue weighted by Gasteiger charge is 2.33. The van der Waals surface area contributed by atoms with Crippen molar-refractivity contribution in [2.75, 3.05) is 44.7 Å². The van der Waals surface area contributed by atoms with Gasteiger partial charge in [-0.3, -0.25) is 4.79 Å². The van der Waals surface area contributed by atoms with E-state index < -0.39 is 0 Å². The van der Waals surface area contributed by atoms with E-state index in [2.05, 4.69) is 17.2 Å². The SMILES string of the molecule is CC[C@@H]1CN(C(=O)N2CCOCC2)CC[C@H]1CC(=O)Nc1nccs1. The molecule has 0 radical (unpaired) electrons. The third kappa shape index (κ3) is 4.70. The molecule has 7 nitrogen and oxygen atoms in total. The van der Waals surface area contributed by atoms with Gasteiger partial charge in [-0.05, 0) is 18.3 Å². The molecule has 25 heavy (non-hydrogen) atoms. The van der Waals surface area contributed by atoms with Crippen LogP contribution >= 0.6 is 11.3 Å². The summed E-state index contributed by atoms with van der Waals surface area (Å²) < 4.78 is 5.32. The maximum absolute atomic E-state index is 12.7. The number of piperidine rings is 1. The zero-order chi connectivity index (χ0) is 17.6. The van der Waals surface area contributed by atoms with Gasteiger partial charge >= 0.3 is 6.03 Å². The predicted molar refractivity (Wildman–Crippen MR) is 96.6 cm³/mol. The first-order chi connectivity index (χ1) is 12.2. The van der Waals surface area contributed by atoms with Gasteiger partial charge in [0.15, 0.2) is 5.13 Å². The molecule has 2 saturated heterocycles. The molecule has 0 spiro atoms. The molecule has 1 N–H and O–H groups in total. The molecule has 2 aliphatic rings. The maximum Gasteiger partial charge on any atom is 0.320 e. The minimum atomic E-state index is 0.0198. The first kappa shape index (κ1) is 18.1. The summed E-state index contributed by atoms with van der Waals surface area (Å²) in [5.74, 6) is 0.700. The molecule has 2 fully saturated rings. The molecule has 0 bridgehead atoms. The van der Waals surface area contributed by atoms with Gasteiger partial charge in [-0.15, -0.1) is 11.3 Å². The molecule has 0 saturated carbocycles. The predicted octanol–water partition coefficient (Wildman–Crippen LogP) is 2.27. The Morgan fingerprint density at radius 1 is 1.28 bits per heavy atom. The number of amides is 3. The first-order valence-electron chi connectivity index (χ1n) is 8.98. The van der Waals surface area contributed by atoms with Gasteiger partial charge in [0.1, 0.15) is 0 Å². The Labute approximate surface area is 152 Å². The van der Waals surface area contributed by atoms with Crippen LogP contribution in [-0.2, 0) is 9.53 Å². The van der Waals surface area contributed by atoms with Crippen molar-refractivity contribution in [1.82, 2.24) is 14.8 Å². The monoisotopic (exact) mass is 366 g/mol. The summed E-state index contributed by atoms with van der Waals surface area (Å²) >= 11 is 1.43. The van der Waals surface area contributed by atoms with E-state index in [0.29, 0.717) is 49.7 Å². The number of thiazole rings is 1. The molecule has 0 unspecified atom stereocenters. The Kier molecular flexibility index (Phi) is 6.25. The van der Waals surface area contributed by atoms with Crippen LogP contribution in [0.1, 0.15) is 26.2 Å². The minimum absolute atomic E-state index is 0.0198. The molecule has 2 aliphatic heterocycles. The second-order valence-corrected chi connectivity index (χ2v) is 7.53. The Hall–Kier alpha value is -1.67. The van der Waals surface area contributed by atoms with E-state index in [-0.39, 0.29) is 11.9 Å². The standard InChI is InChI=1S/C17H26N4O3S/c1-2-13-12-21(17(23)20-6-8-24-9-7-20)5-3-14(13)11-15(22)19-16-18-4-10-25-16/h4,10,13-14H,2-3,5-9,11-12H2,1H3,(H,18,19,22)/t13-,14+/m1/s1. The number of ether oxygens (including phenoxy) is 1. The van der Waals surface area contributed by atoms with Crippen LogP contribution in [-0.4, -0.2) is 66.1 Å².